The van der Waals surface area contributed by atoms with E-state index in [9.17, 15) is 0 Å². The largest absolute Gasteiger partial charge is 0.368 e. The molecule has 0 bridgehead atoms. The number of nitrogens with two attached hydrogens (primary N) is 1. The Hall–Kier alpha value is -1.16. The Balaban J connectivity index is 1.88. The number of nitrogens with one attached hydrogen (secondary N) is 1. The summed E-state index contributed by atoms with van der Waals surface area (Å²) in [5.41, 5.74) is 7.69. The maximum atomic E-state index is 5.64. The van der Waals surface area contributed by atoms with Gasteiger partial charge in [0.1, 0.15) is 0 Å². The van der Waals surface area contributed by atoms with Crippen molar-refractivity contribution in [2.75, 3.05) is 18.8 Å². The quantitative estimate of drug-likeness (QED) is 0.806. The number of hydrogen-bond acceptors (Lipinski definition) is 4. The summed E-state index contributed by atoms with van der Waals surface area (Å²) in [6, 6.07) is 2.04. The molecule has 1 aliphatic heterocycles. The first-order valence-electron chi connectivity index (χ1n) is 6.05. The van der Waals surface area contributed by atoms with Crippen LogP contribution in [0.25, 0.3) is 0 Å². The van der Waals surface area contributed by atoms with Gasteiger partial charge in [-0.05, 0) is 57.7 Å². The van der Waals surface area contributed by atoms with Gasteiger partial charge in [-0.25, -0.2) is 9.97 Å². The molecule has 3 N–H and O–H groups in total. The second-order valence-electron chi connectivity index (χ2n) is 4.59. The van der Waals surface area contributed by atoms with Gasteiger partial charge in [0.25, 0.3) is 0 Å². The van der Waals surface area contributed by atoms with E-state index in [1.807, 2.05) is 13.0 Å². The third kappa shape index (κ3) is 3.17. The highest BCUT2D eigenvalue weighted by atomic mass is 15.0. The van der Waals surface area contributed by atoms with Crippen molar-refractivity contribution < 1.29 is 0 Å². The zero-order valence-electron chi connectivity index (χ0n) is 9.87. The van der Waals surface area contributed by atoms with Crippen molar-refractivity contribution in [1.82, 2.24) is 15.3 Å². The molecule has 0 atom stereocenters. The molecule has 2 rings (SSSR count). The topological polar surface area (TPSA) is 63.8 Å². The van der Waals surface area contributed by atoms with E-state index in [1.54, 1.807) is 0 Å². The Bertz CT molecular complexity index is 325. The minimum absolute atomic E-state index is 0.403. The normalized spacial score (nSPS) is 17.6. The summed E-state index contributed by atoms with van der Waals surface area (Å²) in [6.07, 6.45) is 4.83. The molecular weight excluding hydrogens is 200 g/mol. The summed E-state index contributed by atoms with van der Waals surface area (Å²) < 4.78 is 0. The van der Waals surface area contributed by atoms with Crippen molar-refractivity contribution in [3.8, 4) is 0 Å². The number of hydrogen-bond donors (Lipinski definition) is 2. The van der Waals surface area contributed by atoms with Gasteiger partial charge < -0.3 is 11.1 Å². The molecule has 1 fully saturated rings. The lowest BCUT2D eigenvalue weighted by Crippen LogP contribution is -2.27. The first kappa shape index (κ1) is 11.3. The van der Waals surface area contributed by atoms with Crippen LogP contribution in [0.5, 0.6) is 0 Å². The zero-order chi connectivity index (χ0) is 11.4. The minimum atomic E-state index is 0.403. The van der Waals surface area contributed by atoms with Gasteiger partial charge in [-0.2, -0.15) is 0 Å². The van der Waals surface area contributed by atoms with E-state index in [1.165, 1.54) is 19.3 Å². The Morgan fingerprint density at radius 1 is 1.38 bits per heavy atom. The maximum Gasteiger partial charge on any atom is 0.220 e. The highest BCUT2D eigenvalue weighted by Crippen LogP contribution is 2.18. The molecule has 0 aromatic carbocycles. The van der Waals surface area contributed by atoms with E-state index in [4.69, 9.17) is 5.73 Å². The number of aromatic nitrogens is 2. The molecule has 4 nitrogen and oxygen atoms in total. The molecule has 0 saturated carbocycles. The molecule has 0 radical (unpaired) electrons. The lowest BCUT2D eigenvalue weighted by Gasteiger charge is -2.22. The summed E-state index contributed by atoms with van der Waals surface area (Å²) in [6.45, 7) is 4.29. The molecule has 0 spiro atoms. The molecule has 4 heteroatoms. The van der Waals surface area contributed by atoms with Crippen molar-refractivity contribution in [1.29, 1.82) is 0 Å². The molecule has 0 aliphatic carbocycles. The molecule has 0 amide bonds. The van der Waals surface area contributed by atoms with Crippen molar-refractivity contribution in [3.05, 3.63) is 17.5 Å². The first-order valence-corrected chi connectivity index (χ1v) is 6.05. The molecule has 88 valence electrons. The van der Waals surface area contributed by atoms with Crippen molar-refractivity contribution >= 4 is 5.95 Å². The highest BCUT2D eigenvalue weighted by molar-refractivity contribution is 5.21. The van der Waals surface area contributed by atoms with Crippen LogP contribution in [0.1, 0.15) is 30.7 Å². The Kier molecular flexibility index (Phi) is 3.72. The van der Waals surface area contributed by atoms with Crippen LogP contribution in [-0.4, -0.2) is 23.1 Å². The van der Waals surface area contributed by atoms with Gasteiger partial charge in [0.2, 0.25) is 5.95 Å². The fourth-order valence-corrected chi connectivity index (χ4v) is 2.31. The number of nitrogen functional groups attached to an aromatic ring is 1. The lowest BCUT2D eigenvalue weighted by atomic mass is 9.92. The van der Waals surface area contributed by atoms with Gasteiger partial charge in [0, 0.05) is 11.4 Å². The van der Waals surface area contributed by atoms with Crippen LogP contribution in [0.2, 0.25) is 0 Å². The van der Waals surface area contributed by atoms with E-state index in [2.05, 4.69) is 15.3 Å². The molecule has 1 aromatic rings. The Labute approximate surface area is 96.7 Å². The monoisotopic (exact) mass is 220 g/mol. The molecule has 16 heavy (non-hydrogen) atoms. The van der Waals surface area contributed by atoms with Crippen molar-refractivity contribution in [3.63, 3.8) is 0 Å². The zero-order valence-corrected chi connectivity index (χ0v) is 9.87. The molecular formula is C12H20N4. The van der Waals surface area contributed by atoms with E-state index in [0.29, 0.717) is 5.95 Å². The molecule has 2 heterocycles. The van der Waals surface area contributed by atoms with Crippen LogP contribution in [0, 0.1) is 12.8 Å². The van der Waals surface area contributed by atoms with Gasteiger partial charge in [-0.1, -0.05) is 0 Å². The second kappa shape index (κ2) is 5.25. The van der Waals surface area contributed by atoms with E-state index < -0.39 is 0 Å². The summed E-state index contributed by atoms with van der Waals surface area (Å²) in [5, 5.41) is 3.39. The fourth-order valence-electron chi connectivity index (χ4n) is 2.31. The third-order valence-corrected chi connectivity index (χ3v) is 3.19. The van der Waals surface area contributed by atoms with E-state index in [0.717, 1.165) is 36.8 Å². The van der Waals surface area contributed by atoms with E-state index >= 15 is 0 Å². The average molecular weight is 220 g/mol. The Morgan fingerprint density at radius 3 is 2.81 bits per heavy atom. The van der Waals surface area contributed by atoms with Crippen LogP contribution in [0.3, 0.4) is 0 Å². The average Bonchev–Trinajstić information content (AvgIpc) is 2.27. The van der Waals surface area contributed by atoms with Gasteiger partial charge in [-0.15, -0.1) is 0 Å². The number of aryl methyl sites for hydroxylation is 2. The van der Waals surface area contributed by atoms with Crippen LogP contribution < -0.4 is 11.1 Å². The molecule has 1 saturated heterocycles. The van der Waals surface area contributed by atoms with Crippen LogP contribution >= 0.6 is 0 Å². The smallest absolute Gasteiger partial charge is 0.220 e. The summed E-state index contributed by atoms with van der Waals surface area (Å²) in [5.74, 6) is 1.25. The van der Waals surface area contributed by atoms with Crippen LogP contribution in [-0.2, 0) is 6.42 Å². The lowest BCUT2D eigenvalue weighted by molar-refractivity contribution is 0.353. The summed E-state index contributed by atoms with van der Waals surface area (Å²) >= 11 is 0. The number of anilines is 1. The fraction of sp³-hybridized carbons (Fsp3) is 0.667. The first-order chi connectivity index (χ1) is 7.74. The standard InChI is InChI=1S/C12H20N4/c1-9-8-11(16-12(13)15-9)3-2-10-4-6-14-7-5-10/h8,10,14H,2-7H2,1H3,(H2,13,15,16). The predicted octanol–water partition coefficient (Wildman–Crippen LogP) is 1.30. The van der Waals surface area contributed by atoms with Gasteiger partial charge in [0.05, 0.1) is 0 Å². The maximum absolute atomic E-state index is 5.64. The van der Waals surface area contributed by atoms with Gasteiger partial charge in [0.15, 0.2) is 0 Å². The highest BCUT2D eigenvalue weighted by Gasteiger charge is 2.13. The predicted molar refractivity (Wildman–Crippen MR) is 65.1 cm³/mol. The minimum Gasteiger partial charge on any atom is -0.368 e. The van der Waals surface area contributed by atoms with Crippen molar-refractivity contribution in [2.24, 2.45) is 5.92 Å². The third-order valence-electron chi connectivity index (χ3n) is 3.19. The van der Waals surface area contributed by atoms with E-state index in [-0.39, 0.29) is 0 Å². The molecule has 0 unspecified atom stereocenters. The van der Waals surface area contributed by atoms with Crippen LogP contribution in [0.15, 0.2) is 6.07 Å². The number of piperidine rings is 1. The number of nitrogens with zero attached hydrogens (tertiary/aromatic N) is 2. The van der Waals surface area contributed by atoms with Crippen LogP contribution in [0.4, 0.5) is 5.95 Å². The molecule has 1 aromatic heterocycles. The summed E-state index contributed by atoms with van der Waals surface area (Å²) in [7, 11) is 0. The van der Waals surface area contributed by atoms with Gasteiger partial charge in [-0.3, -0.25) is 0 Å². The van der Waals surface area contributed by atoms with Crippen molar-refractivity contribution in [2.45, 2.75) is 32.6 Å². The van der Waals surface area contributed by atoms with Gasteiger partial charge >= 0.3 is 0 Å². The summed E-state index contributed by atoms with van der Waals surface area (Å²) in [4.78, 5) is 8.36. The SMILES string of the molecule is Cc1cc(CCC2CCNCC2)nc(N)n1. The Morgan fingerprint density at radius 2 is 2.12 bits per heavy atom. The number of rotatable bonds is 3. The molecule has 1 aliphatic rings. The second-order valence-corrected chi connectivity index (χ2v) is 4.59.